The van der Waals surface area contributed by atoms with Gasteiger partial charge >= 0.3 is 0 Å². The van der Waals surface area contributed by atoms with Crippen molar-refractivity contribution < 1.29 is 13.2 Å². The molecule has 158 valence electrons. The topological polar surface area (TPSA) is 101 Å². The summed E-state index contributed by atoms with van der Waals surface area (Å²) in [6.45, 7) is 5.65. The number of hydrogen-bond acceptors (Lipinski definition) is 7. The quantitative estimate of drug-likeness (QED) is 0.371. The number of sulfonamides is 1. The fraction of sp³-hybridized carbons (Fsp3) is 0.250. The van der Waals surface area contributed by atoms with Gasteiger partial charge in [-0.1, -0.05) is 48.2 Å². The number of nitrogens with one attached hydrogen (secondary N) is 2. The molecule has 1 heterocycles. The van der Waals surface area contributed by atoms with Gasteiger partial charge in [-0.15, -0.1) is 10.2 Å². The average Bonchev–Trinajstić information content (AvgIpc) is 3.13. The van der Waals surface area contributed by atoms with Gasteiger partial charge in [0.2, 0.25) is 5.13 Å². The summed E-state index contributed by atoms with van der Waals surface area (Å²) >= 11 is 2.87. The molecular weight excluding hydrogens is 440 g/mol. The van der Waals surface area contributed by atoms with E-state index in [0.717, 1.165) is 22.1 Å². The van der Waals surface area contributed by atoms with Crippen LogP contribution in [0.5, 0.6) is 0 Å². The van der Waals surface area contributed by atoms with Gasteiger partial charge in [0.25, 0.3) is 15.9 Å². The molecule has 0 unspecified atom stereocenters. The Morgan fingerprint density at radius 2 is 1.93 bits per heavy atom. The molecular formula is C20H22N4O3S3. The van der Waals surface area contributed by atoms with Gasteiger partial charge in [0.15, 0.2) is 4.34 Å². The number of carbonyl (C=O) groups excluding carboxylic acids is 1. The van der Waals surface area contributed by atoms with Crippen molar-refractivity contribution in [1.29, 1.82) is 0 Å². The fourth-order valence-electron chi connectivity index (χ4n) is 2.63. The summed E-state index contributed by atoms with van der Waals surface area (Å²) in [5.41, 5.74) is 2.17. The van der Waals surface area contributed by atoms with Crippen LogP contribution in [0.4, 0.5) is 10.8 Å². The lowest BCUT2D eigenvalue weighted by molar-refractivity contribution is 0.102. The van der Waals surface area contributed by atoms with Crippen molar-refractivity contribution in [1.82, 2.24) is 10.2 Å². The predicted molar refractivity (Wildman–Crippen MR) is 122 cm³/mol. The lowest BCUT2D eigenvalue weighted by Gasteiger charge is -2.12. The third-order valence-corrected chi connectivity index (χ3v) is 7.77. The van der Waals surface area contributed by atoms with Crippen molar-refractivity contribution in [3.05, 3.63) is 59.2 Å². The third kappa shape index (κ3) is 5.59. The van der Waals surface area contributed by atoms with Gasteiger partial charge in [-0.3, -0.25) is 14.8 Å². The molecule has 2 N–H and O–H groups in total. The molecule has 0 saturated heterocycles. The number of thioether (sulfide) groups is 1. The molecule has 0 atom stereocenters. The maximum Gasteiger partial charge on any atom is 0.262 e. The first-order valence-corrected chi connectivity index (χ1v) is 12.5. The molecule has 3 rings (SSSR count). The number of aromatic nitrogens is 2. The maximum absolute atomic E-state index is 12.9. The minimum Gasteiger partial charge on any atom is -0.296 e. The van der Waals surface area contributed by atoms with E-state index in [9.17, 15) is 13.2 Å². The zero-order chi connectivity index (χ0) is 21.7. The summed E-state index contributed by atoms with van der Waals surface area (Å²) < 4.78 is 29.2. The number of benzene rings is 2. The highest BCUT2D eigenvalue weighted by atomic mass is 32.2. The normalized spacial score (nSPS) is 11.3. The van der Waals surface area contributed by atoms with E-state index in [1.165, 1.54) is 17.4 Å². The molecule has 1 amide bonds. The van der Waals surface area contributed by atoms with Crippen molar-refractivity contribution in [2.45, 2.75) is 36.4 Å². The van der Waals surface area contributed by atoms with Crippen molar-refractivity contribution in [2.24, 2.45) is 0 Å². The molecule has 0 radical (unpaired) electrons. The lowest BCUT2D eigenvalue weighted by atomic mass is 10.1. The largest absolute Gasteiger partial charge is 0.296 e. The first-order valence-electron chi connectivity index (χ1n) is 9.26. The SMILES string of the molecule is CCCSc1nnc(NC(=O)c2ccc(C)c(S(=O)(=O)Nc3cccc(C)c3)c2)s1. The van der Waals surface area contributed by atoms with Gasteiger partial charge in [0.1, 0.15) is 0 Å². The van der Waals surface area contributed by atoms with Crippen LogP contribution in [0.15, 0.2) is 51.7 Å². The predicted octanol–water partition coefficient (Wildman–Crippen LogP) is 4.71. The van der Waals surface area contributed by atoms with E-state index in [0.29, 0.717) is 16.4 Å². The van der Waals surface area contributed by atoms with Crippen LogP contribution in [0, 0.1) is 13.8 Å². The molecule has 0 aliphatic rings. The second-order valence-corrected chi connectivity index (χ2v) is 10.6. The van der Waals surface area contributed by atoms with Crippen LogP contribution in [0.25, 0.3) is 0 Å². The molecule has 0 spiro atoms. The van der Waals surface area contributed by atoms with Gasteiger partial charge in [-0.05, 0) is 55.7 Å². The zero-order valence-corrected chi connectivity index (χ0v) is 19.2. The zero-order valence-electron chi connectivity index (χ0n) is 16.8. The number of amides is 1. The summed E-state index contributed by atoms with van der Waals surface area (Å²) in [5, 5.41) is 11.1. The number of rotatable bonds is 8. The molecule has 2 aromatic carbocycles. The molecule has 0 bridgehead atoms. The second kappa shape index (κ2) is 9.59. The maximum atomic E-state index is 12.9. The van der Waals surface area contributed by atoms with Crippen LogP contribution in [-0.4, -0.2) is 30.3 Å². The Kier molecular flexibility index (Phi) is 7.11. The molecule has 0 aliphatic heterocycles. The van der Waals surface area contributed by atoms with Crippen LogP contribution in [-0.2, 0) is 10.0 Å². The van der Waals surface area contributed by atoms with Crippen molar-refractivity contribution >= 4 is 49.8 Å². The Balaban J connectivity index is 1.80. The van der Waals surface area contributed by atoms with Crippen LogP contribution in [0.1, 0.15) is 34.8 Å². The molecule has 0 saturated carbocycles. The third-order valence-electron chi connectivity index (χ3n) is 4.07. The van der Waals surface area contributed by atoms with Crippen molar-refractivity contribution in [3.63, 3.8) is 0 Å². The van der Waals surface area contributed by atoms with Crippen LogP contribution >= 0.6 is 23.1 Å². The lowest BCUT2D eigenvalue weighted by Crippen LogP contribution is -2.17. The average molecular weight is 463 g/mol. The van der Waals surface area contributed by atoms with Crippen LogP contribution in [0.3, 0.4) is 0 Å². The molecule has 1 aromatic heterocycles. The summed E-state index contributed by atoms with van der Waals surface area (Å²) in [6, 6.07) is 11.7. The first kappa shape index (κ1) is 22.3. The molecule has 30 heavy (non-hydrogen) atoms. The van der Waals surface area contributed by atoms with E-state index in [2.05, 4.69) is 27.2 Å². The first-order chi connectivity index (χ1) is 14.3. The van der Waals surface area contributed by atoms with Crippen LogP contribution < -0.4 is 10.0 Å². The highest BCUT2D eigenvalue weighted by Crippen LogP contribution is 2.27. The number of carbonyl (C=O) groups is 1. The second-order valence-electron chi connectivity index (χ2n) is 6.63. The summed E-state index contributed by atoms with van der Waals surface area (Å²) in [5.74, 6) is 0.487. The smallest absolute Gasteiger partial charge is 0.262 e. The number of hydrogen-bond donors (Lipinski definition) is 2. The minimum absolute atomic E-state index is 0.0492. The molecule has 7 nitrogen and oxygen atoms in total. The highest BCUT2D eigenvalue weighted by molar-refractivity contribution is 8.01. The number of nitrogens with zero attached hydrogens (tertiary/aromatic N) is 2. The Morgan fingerprint density at radius 3 is 2.67 bits per heavy atom. The van der Waals surface area contributed by atoms with Crippen molar-refractivity contribution in [2.75, 3.05) is 15.8 Å². The van der Waals surface area contributed by atoms with Crippen LogP contribution in [0.2, 0.25) is 0 Å². The van der Waals surface area contributed by atoms with Crippen molar-refractivity contribution in [3.8, 4) is 0 Å². The molecule has 3 aromatic rings. The Bertz CT molecular complexity index is 1160. The summed E-state index contributed by atoms with van der Waals surface area (Å²) in [7, 11) is -3.85. The molecule has 0 aliphatic carbocycles. The van der Waals surface area contributed by atoms with Gasteiger partial charge in [-0.25, -0.2) is 8.42 Å². The Hall–Kier alpha value is -2.43. The summed E-state index contributed by atoms with van der Waals surface area (Å²) in [4.78, 5) is 12.7. The Labute approximate surface area is 184 Å². The standard InChI is InChI=1S/C20H22N4O3S3/c1-4-10-28-20-23-22-19(29-20)21-18(25)15-9-8-14(3)17(12-15)30(26,27)24-16-7-5-6-13(2)11-16/h5-9,11-12,24H,4,10H2,1-3H3,(H,21,22,25). The fourth-order valence-corrected chi connectivity index (χ4v) is 5.62. The summed E-state index contributed by atoms with van der Waals surface area (Å²) in [6.07, 6.45) is 1.02. The Morgan fingerprint density at radius 1 is 1.13 bits per heavy atom. The van der Waals surface area contributed by atoms with E-state index >= 15 is 0 Å². The molecule has 0 fully saturated rings. The van der Waals surface area contributed by atoms with Gasteiger partial charge in [0, 0.05) is 17.0 Å². The van der Waals surface area contributed by atoms with Gasteiger partial charge < -0.3 is 0 Å². The minimum atomic E-state index is -3.85. The van der Waals surface area contributed by atoms with Gasteiger partial charge in [0.05, 0.1) is 4.90 Å². The number of aryl methyl sites for hydroxylation is 2. The van der Waals surface area contributed by atoms with E-state index in [-0.39, 0.29) is 10.5 Å². The van der Waals surface area contributed by atoms with Gasteiger partial charge in [-0.2, -0.15) is 0 Å². The van der Waals surface area contributed by atoms with E-state index < -0.39 is 15.9 Å². The van der Waals surface area contributed by atoms with E-state index in [4.69, 9.17) is 0 Å². The monoisotopic (exact) mass is 462 g/mol. The highest BCUT2D eigenvalue weighted by Gasteiger charge is 2.20. The van der Waals surface area contributed by atoms with E-state index in [1.54, 1.807) is 49.0 Å². The molecule has 10 heteroatoms. The van der Waals surface area contributed by atoms with E-state index in [1.807, 2.05) is 13.0 Å². The number of anilines is 2.